The highest BCUT2D eigenvalue weighted by molar-refractivity contribution is 5.81. The first-order valence-corrected chi connectivity index (χ1v) is 5.33. The van der Waals surface area contributed by atoms with Crippen molar-refractivity contribution in [3.63, 3.8) is 0 Å². The Morgan fingerprint density at radius 1 is 1.32 bits per heavy atom. The summed E-state index contributed by atoms with van der Waals surface area (Å²) >= 11 is 0. The molecule has 8 heteroatoms. The fourth-order valence-electron chi connectivity index (χ4n) is 1.52. The highest BCUT2D eigenvalue weighted by Gasteiger charge is 2.19. The molecule has 0 fully saturated rings. The molecule has 2 aromatic rings. The summed E-state index contributed by atoms with van der Waals surface area (Å²) in [6.45, 7) is 3.43. The van der Waals surface area contributed by atoms with Crippen LogP contribution in [-0.2, 0) is 14.3 Å². The van der Waals surface area contributed by atoms with Crippen LogP contribution in [0, 0.1) is 0 Å². The van der Waals surface area contributed by atoms with Gasteiger partial charge in [-0.05, 0) is 0 Å². The number of hydrogen-bond donors (Lipinski definition) is 1. The lowest BCUT2D eigenvalue weighted by Crippen LogP contribution is -2.21. The summed E-state index contributed by atoms with van der Waals surface area (Å²) in [7, 11) is 0. The van der Waals surface area contributed by atoms with Gasteiger partial charge in [0, 0.05) is 0 Å². The minimum absolute atomic E-state index is 0.198. The molecular formula is C11H11N5O3. The van der Waals surface area contributed by atoms with Crippen molar-refractivity contribution in [1.82, 2.24) is 19.5 Å². The maximum Gasteiger partial charge on any atom is 0.194 e. The van der Waals surface area contributed by atoms with Gasteiger partial charge in [0.25, 0.3) is 0 Å². The van der Waals surface area contributed by atoms with E-state index in [1.54, 1.807) is 0 Å². The Labute approximate surface area is 107 Å². The predicted octanol–water partition coefficient (Wildman–Crippen LogP) is -0.124. The molecule has 0 bridgehead atoms. The van der Waals surface area contributed by atoms with Crippen LogP contribution in [0.1, 0.15) is 6.23 Å². The van der Waals surface area contributed by atoms with Gasteiger partial charge in [-0.3, -0.25) is 9.36 Å². The minimum Gasteiger partial charge on any atom is -0.382 e. The molecule has 0 amide bonds. The van der Waals surface area contributed by atoms with Gasteiger partial charge in [0.1, 0.15) is 17.9 Å². The molecular weight excluding hydrogens is 250 g/mol. The van der Waals surface area contributed by atoms with Crippen LogP contribution in [0.5, 0.6) is 0 Å². The summed E-state index contributed by atoms with van der Waals surface area (Å²) in [6, 6.07) is 0. The van der Waals surface area contributed by atoms with E-state index < -0.39 is 12.3 Å². The zero-order chi connectivity index (χ0) is 13.8. The lowest BCUT2D eigenvalue weighted by molar-refractivity contribution is -0.132. The Kier molecular flexibility index (Phi) is 3.62. The van der Waals surface area contributed by atoms with Crippen LogP contribution in [0.25, 0.3) is 11.2 Å². The lowest BCUT2D eigenvalue weighted by Gasteiger charge is -2.15. The van der Waals surface area contributed by atoms with Gasteiger partial charge in [-0.2, -0.15) is 0 Å². The average molecular weight is 261 g/mol. The molecule has 0 saturated heterocycles. The first kappa shape index (κ1) is 12.8. The third-order valence-corrected chi connectivity index (χ3v) is 2.44. The van der Waals surface area contributed by atoms with Crippen molar-refractivity contribution in [2.45, 2.75) is 12.3 Å². The lowest BCUT2D eigenvalue weighted by atomic mass is 10.4. The monoisotopic (exact) mass is 261 g/mol. The van der Waals surface area contributed by atoms with Crippen LogP contribution in [0.15, 0.2) is 25.3 Å². The smallest absolute Gasteiger partial charge is 0.194 e. The van der Waals surface area contributed by atoms with Gasteiger partial charge in [0.05, 0.1) is 6.33 Å². The third-order valence-electron chi connectivity index (χ3n) is 2.44. The van der Waals surface area contributed by atoms with Gasteiger partial charge in [-0.25, -0.2) is 15.0 Å². The fourth-order valence-corrected chi connectivity index (χ4v) is 1.52. The molecule has 0 aliphatic carbocycles. The fraction of sp³-hybridized carbons (Fsp3) is 0.182. The van der Waals surface area contributed by atoms with Crippen molar-refractivity contribution in [2.75, 3.05) is 5.73 Å². The van der Waals surface area contributed by atoms with E-state index in [-0.39, 0.29) is 5.82 Å². The summed E-state index contributed by atoms with van der Waals surface area (Å²) in [6.07, 6.45) is 3.00. The Morgan fingerprint density at radius 2 is 2.11 bits per heavy atom. The molecule has 0 spiro atoms. The maximum atomic E-state index is 11.1. The largest absolute Gasteiger partial charge is 0.382 e. The molecule has 0 saturated carbocycles. The van der Waals surface area contributed by atoms with E-state index in [1.807, 2.05) is 0 Å². The zero-order valence-electron chi connectivity index (χ0n) is 9.84. The van der Waals surface area contributed by atoms with Crippen molar-refractivity contribution >= 4 is 29.6 Å². The maximum absolute atomic E-state index is 11.1. The van der Waals surface area contributed by atoms with E-state index in [4.69, 9.17) is 10.5 Å². The number of nitrogens with two attached hydrogens (primary N) is 1. The molecule has 8 nitrogen and oxygen atoms in total. The van der Waals surface area contributed by atoms with E-state index in [0.29, 0.717) is 23.7 Å². The second kappa shape index (κ2) is 5.36. The van der Waals surface area contributed by atoms with Crippen molar-refractivity contribution in [3.8, 4) is 0 Å². The normalized spacial score (nSPS) is 13.9. The number of anilines is 1. The second-order valence-corrected chi connectivity index (χ2v) is 3.58. The molecule has 19 heavy (non-hydrogen) atoms. The number of fused-ring (bicyclic) bond motifs is 1. The van der Waals surface area contributed by atoms with Gasteiger partial charge >= 0.3 is 0 Å². The summed E-state index contributed by atoms with van der Waals surface area (Å²) in [5, 5.41) is 0. The number of nitrogen functional groups attached to an aromatic ring is 1. The molecule has 2 heterocycles. The predicted molar refractivity (Wildman–Crippen MR) is 66.0 cm³/mol. The van der Waals surface area contributed by atoms with Crippen molar-refractivity contribution < 1.29 is 14.3 Å². The van der Waals surface area contributed by atoms with Gasteiger partial charge in [-0.1, -0.05) is 6.08 Å². The first-order valence-electron chi connectivity index (χ1n) is 5.33. The quantitative estimate of drug-likeness (QED) is 0.569. The van der Waals surface area contributed by atoms with E-state index >= 15 is 0 Å². The van der Waals surface area contributed by atoms with Crippen LogP contribution < -0.4 is 5.73 Å². The Bertz CT molecular complexity index is 616. The van der Waals surface area contributed by atoms with Crippen LogP contribution in [0.2, 0.25) is 0 Å². The van der Waals surface area contributed by atoms with E-state index in [2.05, 4.69) is 21.5 Å². The summed E-state index contributed by atoms with van der Waals surface area (Å²) in [4.78, 5) is 33.6. The van der Waals surface area contributed by atoms with Crippen LogP contribution >= 0.6 is 0 Å². The molecule has 2 N–H and O–H groups in total. The minimum atomic E-state index is -1.05. The van der Waals surface area contributed by atoms with Crippen LogP contribution in [0.4, 0.5) is 5.82 Å². The first-order chi connectivity index (χ1) is 9.21. The number of carbonyl (C=O) groups is 2. The molecule has 0 unspecified atom stereocenters. The molecule has 0 aliphatic rings. The van der Waals surface area contributed by atoms with Crippen molar-refractivity contribution in [1.29, 1.82) is 0 Å². The summed E-state index contributed by atoms with van der Waals surface area (Å²) in [5.74, 6) is 0.198. The number of nitrogens with zero attached hydrogens (tertiary/aromatic N) is 4. The third kappa shape index (κ3) is 2.33. The number of imidazole rings is 1. The molecule has 2 rings (SSSR count). The van der Waals surface area contributed by atoms with Gasteiger partial charge in [0.2, 0.25) is 0 Å². The number of aldehydes is 2. The SMILES string of the molecule is C=C[C@H](C=O)O[C@H](C=O)n1cnc2c(N)ncnc21. The highest BCUT2D eigenvalue weighted by Crippen LogP contribution is 2.19. The van der Waals surface area contributed by atoms with Crippen LogP contribution in [0.3, 0.4) is 0 Å². The molecule has 0 radical (unpaired) electrons. The van der Waals surface area contributed by atoms with Crippen LogP contribution in [-0.4, -0.2) is 38.2 Å². The average Bonchev–Trinajstić information content (AvgIpc) is 2.86. The molecule has 2 aromatic heterocycles. The number of ether oxygens (including phenoxy) is 1. The molecule has 98 valence electrons. The standard InChI is InChI=1S/C11H11N5O3/c1-2-7(3-17)19-8(4-18)16-6-15-9-10(12)13-5-14-11(9)16/h2-8H,1H2,(H2,12,13,14)/t7-,8-/m1/s1. The number of rotatable bonds is 6. The number of hydrogen-bond acceptors (Lipinski definition) is 7. The van der Waals surface area contributed by atoms with Gasteiger partial charge in [-0.15, -0.1) is 6.58 Å². The van der Waals surface area contributed by atoms with Crippen molar-refractivity contribution in [2.24, 2.45) is 0 Å². The Hall–Kier alpha value is -2.61. The zero-order valence-corrected chi connectivity index (χ0v) is 9.84. The second-order valence-electron chi connectivity index (χ2n) is 3.58. The Balaban J connectivity index is 2.41. The van der Waals surface area contributed by atoms with Gasteiger partial charge in [0.15, 0.2) is 30.3 Å². The molecule has 0 aromatic carbocycles. The van der Waals surface area contributed by atoms with E-state index in [0.717, 1.165) is 0 Å². The number of aromatic nitrogens is 4. The molecule has 0 aliphatic heterocycles. The number of carbonyl (C=O) groups excluding carboxylic acids is 2. The Morgan fingerprint density at radius 3 is 2.74 bits per heavy atom. The summed E-state index contributed by atoms with van der Waals surface area (Å²) in [5.41, 5.74) is 6.34. The highest BCUT2D eigenvalue weighted by atomic mass is 16.5. The topological polar surface area (TPSA) is 113 Å². The molecule has 2 atom stereocenters. The van der Waals surface area contributed by atoms with E-state index in [1.165, 1.54) is 23.3 Å². The van der Waals surface area contributed by atoms with Gasteiger partial charge < -0.3 is 15.3 Å². The van der Waals surface area contributed by atoms with Crippen molar-refractivity contribution in [3.05, 3.63) is 25.3 Å². The van der Waals surface area contributed by atoms with E-state index in [9.17, 15) is 9.59 Å². The summed E-state index contributed by atoms with van der Waals surface area (Å²) < 4.78 is 6.62.